The van der Waals surface area contributed by atoms with Gasteiger partial charge < -0.3 is 23.8 Å². The molecule has 1 aliphatic heterocycles. The zero-order chi connectivity index (χ0) is 24.5. The molecule has 1 atom stereocenters. The van der Waals surface area contributed by atoms with Gasteiger partial charge >= 0.3 is 0 Å². The first-order chi connectivity index (χ1) is 17.6. The summed E-state index contributed by atoms with van der Waals surface area (Å²) in [5.74, 6) is 0.582. The highest BCUT2D eigenvalue weighted by molar-refractivity contribution is 5.89. The second-order valence-electron chi connectivity index (χ2n) is 9.16. The van der Waals surface area contributed by atoms with Gasteiger partial charge in [-0.05, 0) is 62.3 Å². The summed E-state index contributed by atoms with van der Waals surface area (Å²) in [6.45, 7) is 2.38. The molecule has 1 fully saturated rings. The molecule has 0 unspecified atom stereocenters. The van der Waals surface area contributed by atoms with E-state index in [1.54, 1.807) is 12.3 Å². The molecule has 184 valence electrons. The van der Waals surface area contributed by atoms with Crippen LogP contribution in [0.5, 0.6) is 5.75 Å². The van der Waals surface area contributed by atoms with Gasteiger partial charge in [0, 0.05) is 35.7 Å². The topological polar surface area (TPSA) is 97.6 Å². The first-order valence-corrected chi connectivity index (χ1v) is 12.0. The quantitative estimate of drug-likeness (QED) is 0.349. The second-order valence-corrected chi connectivity index (χ2v) is 9.16. The Bertz CT molecular complexity index is 1490. The lowest BCUT2D eigenvalue weighted by atomic mass is 9.91. The predicted octanol–water partition coefficient (Wildman–Crippen LogP) is 4.79. The maximum atomic E-state index is 13.4. The average Bonchev–Trinajstić information content (AvgIpc) is 3.52. The Kier molecular flexibility index (Phi) is 6.08. The number of likely N-dealkylation sites (tertiary alicyclic amines) is 1. The van der Waals surface area contributed by atoms with E-state index in [-0.39, 0.29) is 18.3 Å². The number of rotatable bonds is 7. The van der Waals surface area contributed by atoms with Gasteiger partial charge in [-0.15, -0.1) is 0 Å². The predicted molar refractivity (Wildman–Crippen MR) is 131 cm³/mol. The van der Waals surface area contributed by atoms with Crippen LogP contribution < -0.4 is 4.74 Å². The van der Waals surface area contributed by atoms with E-state index in [0.29, 0.717) is 29.3 Å². The van der Waals surface area contributed by atoms with Crippen molar-refractivity contribution < 1.29 is 23.3 Å². The van der Waals surface area contributed by atoms with Crippen LogP contribution in [0, 0.1) is 5.82 Å². The number of aliphatic hydroxyl groups excluding tert-OH is 1. The third-order valence-corrected chi connectivity index (χ3v) is 6.70. The maximum Gasteiger partial charge on any atom is 0.258 e. The summed E-state index contributed by atoms with van der Waals surface area (Å²) in [7, 11) is 0. The highest BCUT2D eigenvalue weighted by atomic mass is 19.1. The Morgan fingerprint density at radius 1 is 1.03 bits per heavy atom. The molecule has 0 bridgehead atoms. The molecule has 1 N–H and O–H groups in total. The SMILES string of the molecule is O[C@@H](COc1cccc(-c2noc3ncccc23)c1)CN1CCC(c2noc3cc(F)ccc23)CC1. The van der Waals surface area contributed by atoms with Crippen molar-refractivity contribution in [2.45, 2.75) is 24.9 Å². The van der Waals surface area contributed by atoms with E-state index >= 15 is 0 Å². The molecule has 2 aromatic carbocycles. The number of β-amino-alcohol motifs (C(OH)–C–C–N with tert-alkyl or cyclic N) is 1. The number of piperidine rings is 1. The van der Waals surface area contributed by atoms with E-state index in [4.69, 9.17) is 13.8 Å². The van der Waals surface area contributed by atoms with E-state index < -0.39 is 6.10 Å². The molecule has 3 aromatic heterocycles. The van der Waals surface area contributed by atoms with Gasteiger partial charge in [0.25, 0.3) is 5.71 Å². The molecule has 0 aliphatic carbocycles. The van der Waals surface area contributed by atoms with Crippen LogP contribution in [0.1, 0.15) is 24.5 Å². The highest BCUT2D eigenvalue weighted by Crippen LogP contribution is 2.33. The number of hydrogen-bond acceptors (Lipinski definition) is 8. The normalized spacial score (nSPS) is 16.1. The van der Waals surface area contributed by atoms with Gasteiger partial charge in [0.15, 0.2) is 5.58 Å². The standard InChI is InChI=1S/C27H25FN4O4/c28-19-6-7-22-24(14-19)35-30-25(22)17-8-11-32(12-9-17)15-20(33)16-34-21-4-1-3-18(13-21)26-23-5-2-10-29-27(23)36-31-26/h1-7,10,13-14,17,20,33H,8-9,11-12,15-16H2/t20-/m1/s1. The third kappa shape index (κ3) is 4.55. The Labute approximate surface area is 206 Å². The Morgan fingerprint density at radius 2 is 1.92 bits per heavy atom. The molecule has 5 aromatic rings. The van der Waals surface area contributed by atoms with Crippen LogP contribution in [0.25, 0.3) is 33.3 Å². The number of hydrogen-bond donors (Lipinski definition) is 1. The van der Waals surface area contributed by atoms with Crippen molar-refractivity contribution in [3.05, 3.63) is 72.3 Å². The molecule has 0 amide bonds. The van der Waals surface area contributed by atoms with Crippen LogP contribution in [0.4, 0.5) is 4.39 Å². The molecule has 1 aliphatic rings. The third-order valence-electron chi connectivity index (χ3n) is 6.70. The number of benzene rings is 2. The minimum absolute atomic E-state index is 0.185. The van der Waals surface area contributed by atoms with Gasteiger partial charge in [0.05, 0.1) is 11.1 Å². The number of ether oxygens (including phenoxy) is 1. The number of nitrogens with zero attached hydrogens (tertiary/aromatic N) is 4. The summed E-state index contributed by atoms with van der Waals surface area (Å²) in [6.07, 6.45) is 2.84. The van der Waals surface area contributed by atoms with Crippen LogP contribution in [0.3, 0.4) is 0 Å². The molecule has 6 rings (SSSR count). The van der Waals surface area contributed by atoms with E-state index in [0.717, 1.165) is 48.0 Å². The molecule has 8 nitrogen and oxygen atoms in total. The number of aromatic nitrogens is 3. The fraction of sp³-hybridized carbons (Fsp3) is 0.296. The number of aliphatic hydroxyl groups is 1. The van der Waals surface area contributed by atoms with Crippen LogP contribution in [0.15, 0.2) is 69.8 Å². The molecule has 4 heterocycles. The molecule has 9 heteroatoms. The fourth-order valence-corrected chi connectivity index (χ4v) is 4.88. The molecule has 0 spiro atoms. The summed E-state index contributed by atoms with van der Waals surface area (Å²) in [6, 6.07) is 15.9. The zero-order valence-electron chi connectivity index (χ0n) is 19.5. The number of fused-ring (bicyclic) bond motifs is 2. The van der Waals surface area contributed by atoms with Crippen molar-refractivity contribution in [1.82, 2.24) is 20.2 Å². The van der Waals surface area contributed by atoms with E-state index in [2.05, 4.69) is 20.2 Å². The minimum atomic E-state index is -0.627. The van der Waals surface area contributed by atoms with E-state index in [9.17, 15) is 9.50 Å². The molecule has 0 saturated carbocycles. The van der Waals surface area contributed by atoms with Gasteiger partial charge in [-0.2, -0.15) is 0 Å². The van der Waals surface area contributed by atoms with Gasteiger partial charge in [-0.3, -0.25) is 0 Å². The Hall–Kier alpha value is -3.82. The van der Waals surface area contributed by atoms with Gasteiger partial charge in [0.1, 0.15) is 30.0 Å². The zero-order valence-corrected chi connectivity index (χ0v) is 19.5. The van der Waals surface area contributed by atoms with Gasteiger partial charge in [0.2, 0.25) is 0 Å². The monoisotopic (exact) mass is 488 g/mol. The van der Waals surface area contributed by atoms with Gasteiger partial charge in [-0.25, -0.2) is 9.37 Å². The summed E-state index contributed by atoms with van der Waals surface area (Å²) < 4.78 is 30.0. The molecular formula is C27H25FN4O4. The minimum Gasteiger partial charge on any atom is -0.491 e. The highest BCUT2D eigenvalue weighted by Gasteiger charge is 2.26. The van der Waals surface area contributed by atoms with E-state index in [1.807, 2.05) is 36.4 Å². The largest absolute Gasteiger partial charge is 0.491 e. The van der Waals surface area contributed by atoms with Crippen molar-refractivity contribution in [3.8, 4) is 17.0 Å². The van der Waals surface area contributed by atoms with Crippen molar-refractivity contribution in [2.75, 3.05) is 26.2 Å². The number of pyridine rings is 1. The summed E-state index contributed by atoms with van der Waals surface area (Å²) in [5, 5.41) is 20.7. The maximum absolute atomic E-state index is 13.4. The van der Waals surface area contributed by atoms with Crippen molar-refractivity contribution in [1.29, 1.82) is 0 Å². The average molecular weight is 489 g/mol. The number of halogens is 1. The lowest BCUT2D eigenvalue weighted by Crippen LogP contribution is -2.40. The first kappa shape index (κ1) is 22.6. The fourth-order valence-electron chi connectivity index (χ4n) is 4.88. The molecular weight excluding hydrogens is 463 g/mol. The van der Waals surface area contributed by atoms with Crippen molar-refractivity contribution in [3.63, 3.8) is 0 Å². The van der Waals surface area contributed by atoms with Gasteiger partial charge in [-0.1, -0.05) is 22.4 Å². The van der Waals surface area contributed by atoms with Crippen LogP contribution in [-0.4, -0.2) is 57.6 Å². The first-order valence-electron chi connectivity index (χ1n) is 12.0. The van der Waals surface area contributed by atoms with Crippen LogP contribution in [-0.2, 0) is 0 Å². The lowest BCUT2D eigenvalue weighted by molar-refractivity contribution is 0.0592. The summed E-state index contributed by atoms with van der Waals surface area (Å²) >= 11 is 0. The van der Waals surface area contributed by atoms with Crippen LogP contribution in [0.2, 0.25) is 0 Å². The molecule has 0 radical (unpaired) electrons. The Balaban J connectivity index is 1.03. The summed E-state index contributed by atoms with van der Waals surface area (Å²) in [5.41, 5.74) is 3.43. The van der Waals surface area contributed by atoms with Crippen molar-refractivity contribution >= 4 is 22.1 Å². The molecule has 1 saturated heterocycles. The smallest absolute Gasteiger partial charge is 0.258 e. The van der Waals surface area contributed by atoms with E-state index in [1.165, 1.54) is 12.1 Å². The van der Waals surface area contributed by atoms with Crippen LogP contribution >= 0.6 is 0 Å². The molecule has 36 heavy (non-hydrogen) atoms. The Morgan fingerprint density at radius 3 is 2.81 bits per heavy atom. The lowest BCUT2D eigenvalue weighted by Gasteiger charge is -2.32. The second kappa shape index (κ2) is 9.67. The van der Waals surface area contributed by atoms with Crippen molar-refractivity contribution in [2.24, 2.45) is 0 Å². The summed E-state index contributed by atoms with van der Waals surface area (Å²) in [4.78, 5) is 6.41.